The zero-order chi connectivity index (χ0) is 15.0. The second kappa shape index (κ2) is 5.58. The number of aliphatic hydroxyl groups is 1. The van der Waals surface area contributed by atoms with E-state index in [9.17, 15) is 9.50 Å². The SMILES string of the molecule is C[C@@H](N)c1cccc(F)c1N1CCC2(O)CCCCC2C1. The third-order valence-corrected chi connectivity index (χ3v) is 5.25. The Bertz CT molecular complexity index is 520. The van der Waals surface area contributed by atoms with Crippen molar-refractivity contribution in [3.8, 4) is 0 Å². The van der Waals surface area contributed by atoms with Crippen molar-refractivity contribution in [2.24, 2.45) is 11.7 Å². The van der Waals surface area contributed by atoms with E-state index in [0.29, 0.717) is 12.2 Å². The monoisotopic (exact) mass is 292 g/mol. The summed E-state index contributed by atoms with van der Waals surface area (Å²) >= 11 is 0. The van der Waals surface area contributed by atoms with Crippen LogP contribution in [-0.2, 0) is 0 Å². The van der Waals surface area contributed by atoms with Gasteiger partial charge in [-0.05, 0) is 37.8 Å². The predicted molar refractivity (Wildman–Crippen MR) is 82.7 cm³/mol. The van der Waals surface area contributed by atoms with Gasteiger partial charge in [-0.2, -0.15) is 0 Å². The minimum absolute atomic E-state index is 0.192. The van der Waals surface area contributed by atoms with Crippen molar-refractivity contribution in [2.45, 2.75) is 50.7 Å². The van der Waals surface area contributed by atoms with Crippen molar-refractivity contribution in [1.29, 1.82) is 0 Å². The van der Waals surface area contributed by atoms with Gasteiger partial charge in [0.25, 0.3) is 0 Å². The molecule has 3 nitrogen and oxygen atoms in total. The Labute approximate surface area is 125 Å². The first-order valence-electron chi connectivity index (χ1n) is 8.02. The molecule has 0 amide bonds. The Hall–Kier alpha value is -1.13. The van der Waals surface area contributed by atoms with Crippen LogP contribution in [0.15, 0.2) is 18.2 Å². The Morgan fingerprint density at radius 2 is 2.19 bits per heavy atom. The maximum atomic E-state index is 14.4. The lowest BCUT2D eigenvalue weighted by molar-refractivity contribution is -0.0613. The molecule has 1 aliphatic carbocycles. The zero-order valence-corrected chi connectivity index (χ0v) is 12.7. The van der Waals surface area contributed by atoms with Crippen LogP contribution in [0, 0.1) is 11.7 Å². The zero-order valence-electron chi connectivity index (χ0n) is 12.7. The van der Waals surface area contributed by atoms with Crippen molar-refractivity contribution < 1.29 is 9.50 Å². The second-order valence-corrected chi connectivity index (χ2v) is 6.71. The van der Waals surface area contributed by atoms with E-state index in [0.717, 1.165) is 44.2 Å². The highest BCUT2D eigenvalue weighted by atomic mass is 19.1. The number of nitrogens with zero attached hydrogens (tertiary/aromatic N) is 1. The van der Waals surface area contributed by atoms with Crippen LogP contribution in [0.4, 0.5) is 10.1 Å². The van der Waals surface area contributed by atoms with Crippen LogP contribution in [-0.4, -0.2) is 23.8 Å². The molecule has 0 radical (unpaired) electrons. The molecule has 21 heavy (non-hydrogen) atoms. The highest BCUT2D eigenvalue weighted by Crippen LogP contribution is 2.42. The summed E-state index contributed by atoms with van der Waals surface area (Å²) < 4.78 is 14.4. The van der Waals surface area contributed by atoms with E-state index >= 15 is 0 Å². The van der Waals surface area contributed by atoms with Gasteiger partial charge in [0.05, 0.1) is 11.3 Å². The largest absolute Gasteiger partial charge is 0.389 e. The molecule has 1 aromatic rings. The average molecular weight is 292 g/mol. The molecule has 0 bridgehead atoms. The fourth-order valence-electron chi connectivity index (χ4n) is 4.01. The smallest absolute Gasteiger partial charge is 0.146 e. The first-order valence-corrected chi connectivity index (χ1v) is 8.02. The van der Waals surface area contributed by atoms with E-state index in [1.165, 1.54) is 6.07 Å². The highest BCUT2D eigenvalue weighted by Gasteiger charge is 2.43. The van der Waals surface area contributed by atoms with Crippen LogP contribution in [0.5, 0.6) is 0 Å². The molecule has 1 aromatic carbocycles. The molecule has 2 unspecified atom stereocenters. The molecule has 0 spiro atoms. The van der Waals surface area contributed by atoms with E-state index in [-0.39, 0.29) is 17.8 Å². The minimum atomic E-state index is -0.533. The molecular weight excluding hydrogens is 267 g/mol. The Balaban J connectivity index is 1.89. The summed E-state index contributed by atoms with van der Waals surface area (Å²) in [7, 11) is 0. The van der Waals surface area contributed by atoms with Crippen molar-refractivity contribution in [3.63, 3.8) is 0 Å². The van der Waals surface area contributed by atoms with Gasteiger partial charge in [0.2, 0.25) is 0 Å². The molecule has 2 aliphatic rings. The van der Waals surface area contributed by atoms with Gasteiger partial charge in [0, 0.05) is 25.0 Å². The molecule has 1 heterocycles. The lowest BCUT2D eigenvalue weighted by atomic mass is 9.71. The van der Waals surface area contributed by atoms with Gasteiger partial charge < -0.3 is 15.7 Å². The summed E-state index contributed by atoms with van der Waals surface area (Å²) in [6.07, 6.45) is 4.93. The molecule has 4 heteroatoms. The molecule has 1 aliphatic heterocycles. The number of fused-ring (bicyclic) bond motifs is 1. The fraction of sp³-hybridized carbons (Fsp3) is 0.647. The number of hydrogen-bond acceptors (Lipinski definition) is 3. The number of anilines is 1. The molecule has 1 saturated carbocycles. The standard InChI is InChI=1S/C17H25FN2O/c1-12(19)14-6-4-7-15(18)16(14)20-10-9-17(21)8-3-2-5-13(17)11-20/h4,6-7,12-13,21H,2-3,5,8-11,19H2,1H3/t12-,13?,17?/m1/s1. The third kappa shape index (κ3) is 2.67. The molecule has 3 rings (SSSR count). The third-order valence-electron chi connectivity index (χ3n) is 5.25. The van der Waals surface area contributed by atoms with Crippen LogP contribution in [0.1, 0.15) is 50.6 Å². The van der Waals surface area contributed by atoms with Gasteiger partial charge in [-0.3, -0.25) is 0 Å². The van der Waals surface area contributed by atoms with Crippen molar-refractivity contribution >= 4 is 5.69 Å². The maximum absolute atomic E-state index is 14.4. The molecule has 3 N–H and O–H groups in total. The number of benzene rings is 1. The minimum Gasteiger partial charge on any atom is -0.389 e. The van der Waals surface area contributed by atoms with Crippen LogP contribution in [0.3, 0.4) is 0 Å². The van der Waals surface area contributed by atoms with Crippen LogP contribution in [0.2, 0.25) is 0 Å². The van der Waals surface area contributed by atoms with Gasteiger partial charge >= 0.3 is 0 Å². The normalized spacial score (nSPS) is 30.9. The van der Waals surface area contributed by atoms with E-state index in [2.05, 4.69) is 4.90 Å². The molecule has 2 fully saturated rings. The van der Waals surface area contributed by atoms with Gasteiger partial charge in [-0.15, -0.1) is 0 Å². The van der Waals surface area contributed by atoms with E-state index in [4.69, 9.17) is 5.73 Å². The number of para-hydroxylation sites is 1. The molecule has 116 valence electrons. The van der Waals surface area contributed by atoms with Gasteiger partial charge in [-0.1, -0.05) is 25.0 Å². The topological polar surface area (TPSA) is 49.5 Å². The number of hydrogen-bond donors (Lipinski definition) is 2. The Kier molecular flexibility index (Phi) is 3.93. The number of nitrogens with two attached hydrogens (primary N) is 1. The maximum Gasteiger partial charge on any atom is 0.146 e. The van der Waals surface area contributed by atoms with Crippen LogP contribution in [0.25, 0.3) is 0 Å². The molecular formula is C17H25FN2O. The van der Waals surface area contributed by atoms with Gasteiger partial charge in [0.15, 0.2) is 0 Å². The van der Waals surface area contributed by atoms with Crippen LogP contribution < -0.4 is 10.6 Å². The number of rotatable bonds is 2. The lowest BCUT2D eigenvalue weighted by Gasteiger charge is -2.48. The first kappa shape index (κ1) is 14.8. The molecule has 0 aromatic heterocycles. The van der Waals surface area contributed by atoms with Crippen molar-refractivity contribution in [3.05, 3.63) is 29.6 Å². The Morgan fingerprint density at radius 1 is 1.38 bits per heavy atom. The number of piperidine rings is 1. The first-order chi connectivity index (χ1) is 10.0. The second-order valence-electron chi connectivity index (χ2n) is 6.71. The average Bonchev–Trinajstić information content (AvgIpc) is 2.46. The van der Waals surface area contributed by atoms with E-state index < -0.39 is 5.60 Å². The lowest BCUT2D eigenvalue weighted by Crippen LogP contribution is -2.53. The summed E-state index contributed by atoms with van der Waals surface area (Å²) in [5.74, 6) is 0.0478. The van der Waals surface area contributed by atoms with Crippen molar-refractivity contribution in [1.82, 2.24) is 0 Å². The van der Waals surface area contributed by atoms with E-state index in [1.54, 1.807) is 6.07 Å². The summed E-state index contributed by atoms with van der Waals surface area (Å²) in [6, 6.07) is 4.94. The van der Waals surface area contributed by atoms with Gasteiger partial charge in [-0.25, -0.2) is 4.39 Å². The van der Waals surface area contributed by atoms with Gasteiger partial charge in [0.1, 0.15) is 5.82 Å². The quantitative estimate of drug-likeness (QED) is 0.881. The van der Waals surface area contributed by atoms with E-state index in [1.807, 2.05) is 13.0 Å². The Morgan fingerprint density at radius 3 is 2.95 bits per heavy atom. The highest BCUT2D eigenvalue weighted by molar-refractivity contribution is 5.56. The summed E-state index contributed by atoms with van der Waals surface area (Å²) in [5.41, 5.74) is 6.97. The summed E-state index contributed by atoms with van der Waals surface area (Å²) in [5, 5.41) is 10.8. The predicted octanol–water partition coefficient (Wildman–Crippen LogP) is 2.98. The molecule has 3 atom stereocenters. The fourth-order valence-corrected chi connectivity index (χ4v) is 4.01. The van der Waals surface area contributed by atoms with Crippen molar-refractivity contribution in [2.75, 3.05) is 18.0 Å². The summed E-state index contributed by atoms with van der Waals surface area (Å²) in [4.78, 5) is 2.10. The van der Waals surface area contributed by atoms with Crippen LogP contribution >= 0.6 is 0 Å². The molecule has 1 saturated heterocycles. The number of halogens is 1. The summed E-state index contributed by atoms with van der Waals surface area (Å²) in [6.45, 7) is 3.32.